The van der Waals surface area contributed by atoms with E-state index in [-0.39, 0.29) is 29.8 Å². The number of rotatable bonds is 10. The van der Waals surface area contributed by atoms with Crippen LogP contribution in [-0.2, 0) is 14.3 Å². The summed E-state index contributed by atoms with van der Waals surface area (Å²) in [6.07, 6.45) is 8.83. The molecule has 11 heteroatoms. The van der Waals surface area contributed by atoms with Gasteiger partial charge in [-0.05, 0) is 72.4 Å². The van der Waals surface area contributed by atoms with Crippen molar-refractivity contribution in [1.82, 2.24) is 35.1 Å². The van der Waals surface area contributed by atoms with Crippen molar-refractivity contribution in [1.29, 1.82) is 0 Å². The van der Waals surface area contributed by atoms with Crippen molar-refractivity contribution in [2.45, 2.75) is 90.8 Å². The van der Waals surface area contributed by atoms with Crippen LogP contribution in [0.4, 0.5) is 4.79 Å². The Morgan fingerprint density at radius 2 is 1.59 bits per heavy atom. The van der Waals surface area contributed by atoms with Crippen LogP contribution in [0.3, 0.4) is 0 Å². The second-order valence-corrected chi connectivity index (χ2v) is 14.0. The lowest BCUT2D eigenvalue weighted by Crippen LogP contribution is -2.51. The number of imidazole rings is 2. The predicted octanol–water partition coefficient (Wildman–Crippen LogP) is 6.89. The Balaban J connectivity index is 1.13. The highest BCUT2D eigenvalue weighted by molar-refractivity contribution is 5.88. The quantitative estimate of drug-likeness (QED) is 0.155. The van der Waals surface area contributed by atoms with Crippen LogP contribution < -0.4 is 5.32 Å². The molecule has 0 bridgehead atoms. The van der Waals surface area contributed by atoms with Gasteiger partial charge in [-0.2, -0.15) is 0 Å². The summed E-state index contributed by atoms with van der Waals surface area (Å²) in [5, 5.41) is 4.90. The smallest absolute Gasteiger partial charge is 0.407 e. The van der Waals surface area contributed by atoms with Crippen molar-refractivity contribution >= 4 is 28.7 Å². The molecule has 0 radical (unpaired) electrons. The molecule has 268 valence electrons. The summed E-state index contributed by atoms with van der Waals surface area (Å²) in [6.45, 7) is 9.59. The minimum atomic E-state index is -0.669. The van der Waals surface area contributed by atoms with Crippen LogP contribution in [0, 0.1) is 23.7 Å². The number of H-pyrrole nitrogens is 2. The van der Waals surface area contributed by atoms with E-state index < -0.39 is 12.1 Å². The minimum absolute atomic E-state index is 0.000238. The molecule has 5 atom stereocenters. The summed E-state index contributed by atoms with van der Waals surface area (Å²) in [5.41, 5.74) is 3.52. The van der Waals surface area contributed by atoms with Gasteiger partial charge in [0, 0.05) is 30.6 Å². The van der Waals surface area contributed by atoms with Gasteiger partial charge in [0.25, 0.3) is 0 Å². The zero-order chi connectivity index (χ0) is 36.1. The number of nitrogens with one attached hydrogen (secondary N) is 3. The Morgan fingerprint density at radius 3 is 2.33 bits per heavy atom. The van der Waals surface area contributed by atoms with E-state index in [9.17, 15) is 14.4 Å². The van der Waals surface area contributed by atoms with Crippen LogP contribution in [0.2, 0.25) is 0 Å². The van der Waals surface area contributed by atoms with E-state index in [4.69, 9.17) is 9.72 Å². The fourth-order valence-corrected chi connectivity index (χ4v) is 7.12. The Bertz CT molecular complexity index is 1940. The first-order valence-corrected chi connectivity index (χ1v) is 18.3. The molecule has 2 aromatic heterocycles. The van der Waals surface area contributed by atoms with Crippen molar-refractivity contribution in [3.05, 3.63) is 71.7 Å². The molecule has 2 saturated heterocycles. The van der Waals surface area contributed by atoms with Crippen LogP contribution in [0.1, 0.15) is 108 Å². The summed E-state index contributed by atoms with van der Waals surface area (Å²) in [4.78, 5) is 58.6. The second-order valence-electron chi connectivity index (χ2n) is 14.0. The van der Waals surface area contributed by atoms with Crippen molar-refractivity contribution in [3.63, 3.8) is 0 Å². The zero-order valence-corrected chi connectivity index (χ0v) is 30.3. The standard InChI is InChI=1S/C40H49N7O4/c1-6-25(3)20-35(48)46-18-8-10-33(46)38-42-24-32(44-38)30-16-15-28-21-27(12-14-29(28)22-30)13-17-31-23-41-37(43-31)34-11-9-19-47(34)39(49)36(26(4)7-2)45-40(50)51-5/h12,14-16,21-26,33-34,36H,6-11,18-20H2,1-5H3,(H,41,43)(H,42,44)(H,45,50)/t25-,26-,33-,34-,36-/m0/s1. The van der Waals surface area contributed by atoms with Crippen LogP contribution in [0.15, 0.2) is 48.8 Å². The number of nitrogens with zero attached hydrogens (tertiary/aromatic N) is 4. The van der Waals surface area contributed by atoms with E-state index in [0.717, 1.165) is 78.5 Å². The molecular weight excluding hydrogens is 642 g/mol. The van der Waals surface area contributed by atoms with E-state index in [2.05, 4.69) is 76.3 Å². The van der Waals surface area contributed by atoms with Gasteiger partial charge in [-0.3, -0.25) is 9.59 Å². The van der Waals surface area contributed by atoms with Gasteiger partial charge in [0.05, 0.1) is 37.3 Å². The number of likely N-dealkylation sites (tertiary alicyclic amines) is 2. The molecule has 0 spiro atoms. The van der Waals surface area contributed by atoms with Crippen LogP contribution >= 0.6 is 0 Å². The molecule has 0 saturated carbocycles. The average Bonchev–Trinajstić information content (AvgIpc) is 3.98. The zero-order valence-electron chi connectivity index (χ0n) is 30.3. The SMILES string of the molecule is CC[C@H](C)CC(=O)N1CCC[C@H]1c1ncc(-c2ccc3cc(C#Cc4cnc([C@@H]5CCCN5C(=O)[C@@H](NC(=O)OC)[C@@H](C)CC)[nH]4)ccc3c2)[nH]1. The molecule has 6 rings (SSSR count). The van der Waals surface area contributed by atoms with E-state index >= 15 is 0 Å². The number of methoxy groups -OCH3 is 1. The molecule has 0 aliphatic carbocycles. The van der Waals surface area contributed by atoms with Gasteiger partial charge in [-0.15, -0.1) is 0 Å². The molecule has 0 unspecified atom stereocenters. The Labute approximate surface area is 299 Å². The monoisotopic (exact) mass is 691 g/mol. The summed E-state index contributed by atoms with van der Waals surface area (Å²) >= 11 is 0. The minimum Gasteiger partial charge on any atom is -0.453 e. The topological polar surface area (TPSA) is 136 Å². The number of ether oxygens (including phenoxy) is 1. The summed E-state index contributed by atoms with van der Waals surface area (Å²) in [6, 6.07) is 11.6. The number of amides is 3. The van der Waals surface area contributed by atoms with Gasteiger partial charge in [-0.1, -0.05) is 64.7 Å². The average molecular weight is 692 g/mol. The summed E-state index contributed by atoms with van der Waals surface area (Å²) in [5.74, 6) is 8.43. The lowest BCUT2D eigenvalue weighted by atomic mass is 9.97. The fourth-order valence-electron chi connectivity index (χ4n) is 7.12. The highest BCUT2D eigenvalue weighted by Gasteiger charge is 2.38. The number of alkyl carbamates (subject to hydrolysis) is 1. The number of fused-ring (bicyclic) bond motifs is 1. The number of carbonyl (C=O) groups excluding carboxylic acids is 3. The summed E-state index contributed by atoms with van der Waals surface area (Å²) in [7, 11) is 1.30. The van der Waals surface area contributed by atoms with Crippen molar-refractivity contribution in [3.8, 4) is 23.1 Å². The van der Waals surface area contributed by atoms with Gasteiger partial charge < -0.3 is 29.8 Å². The lowest BCUT2D eigenvalue weighted by molar-refractivity contribution is -0.136. The number of hydrogen-bond acceptors (Lipinski definition) is 6. The molecule has 3 amide bonds. The highest BCUT2D eigenvalue weighted by Crippen LogP contribution is 2.34. The van der Waals surface area contributed by atoms with E-state index in [1.165, 1.54) is 7.11 Å². The molecule has 2 aromatic carbocycles. The molecule has 4 heterocycles. The summed E-state index contributed by atoms with van der Waals surface area (Å²) < 4.78 is 4.78. The first-order chi connectivity index (χ1) is 24.7. The molecule has 2 aliphatic rings. The van der Waals surface area contributed by atoms with Gasteiger partial charge >= 0.3 is 6.09 Å². The largest absolute Gasteiger partial charge is 0.453 e. The third-order valence-electron chi connectivity index (χ3n) is 10.6. The Morgan fingerprint density at radius 1 is 0.902 bits per heavy atom. The van der Waals surface area contributed by atoms with Crippen molar-refractivity contribution in [2.24, 2.45) is 11.8 Å². The maximum absolute atomic E-state index is 13.6. The van der Waals surface area contributed by atoms with Crippen LogP contribution in [0.5, 0.6) is 0 Å². The molecule has 51 heavy (non-hydrogen) atoms. The second kappa shape index (κ2) is 15.8. The third kappa shape index (κ3) is 7.95. The van der Waals surface area contributed by atoms with Crippen molar-refractivity contribution in [2.75, 3.05) is 20.2 Å². The Hall–Kier alpha value is -5.11. The molecule has 2 fully saturated rings. The first-order valence-electron chi connectivity index (χ1n) is 18.3. The number of aromatic nitrogens is 4. The van der Waals surface area contributed by atoms with Gasteiger partial charge in [0.1, 0.15) is 23.4 Å². The van der Waals surface area contributed by atoms with E-state index in [1.54, 1.807) is 6.20 Å². The van der Waals surface area contributed by atoms with Crippen LogP contribution in [-0.4, -0.2) is 73.9 Å². The predicted molar refractivity (Wildman–Crippen MR) is 196 cm³/mol. The molecule has 4 aromatic rings. The number of aromatic amines is 2. The van der Waals surface area contributed by atoms with Gasteiger partial charge in [-0.25, -0.2) is 14.8 Å². The molecule has 11 nitrogen and oxygen atoms in total. The molecule has 3 N–H and O–H groups in total. The maximum Gasteiger partial charge on any atom is 0.407 e. The van der Waals surface area contributed by atoms with Gasteiger partial charge in [0.2, 0.25) is 11.8 Å². The van der Waals surface area contributed by atoms with E-state index in [0.29, 0.717) is 30.4 Å². The van der Waals surface area contributed by atoms with E-state index in [1.807, 2.05) is 35.9 Å². The molecule has 2 aliphatic heterocycles. The first kappa shape index (κ1) is 35.7. The normalized spacial score (nSPS) is 19.0. The number of benzene rings is 2. The lowest BCUT2D eigenvalue weighted by Gasteiger charge is -2.30. The van der Waals surface area contributed by atoms with Gasteiger partial charge in [0.15, 0.2) is 0 Å². The molecular formula is C40H49N7O4. The Kier molecular flexibility index (Phi) is 11.1. The maximum atomic E-state index is 13.6. The third-order valence-corrected chi connectivity index (χ3v) is 10.6. The van der Waals surface area contributed by atoms with Crippen molar-refractivity contribution < 1.29 is 19.1 Å². The number of carbonyl (C=O) groups is 3. The van der Waals surface area contributed by atoms with Crippen LogP contribution in [0.25, 0.3) is 22.0 Å². The fraction of sp³-hybridized carbons (Fsp3) is 0.475. The highest BCUT2D eigenvalue weighted by atomic mass is 16.5. The number of hydrogen-bond donors (Lipinski definition) is 3.